The van der Waals surface area contributed by atoms with Crippen LogP contribution in [0.15, 0.2) is 0 Å². The predicted octanol–water partition coefficient (Wildman–Crippen LogP) is 2.63. The van der Waals surface area contributed by atoms with Gasteiger partial charge in [-0.25, -0.2) is 0 Å². The number of unbranched alkanes of at least 4 members (excludes halogenated alkanes) is 3. The molecule has 1 saturated heterocycles. The van der Waals surface area contributed by atoms with E-state index >= 15 is 0 Å². The van der Waals surface area contributed by atoms with Crippen LogP contribution < -0.4 is 5.73 Å². The van der Waals surface area contributed by atoms with Crippen LogP contribution in [0.2, 0.25) is 0 Å². The molecular formula is C13H28N2. The Morgan fingerprint density at radius 2 is 2.13 bits per heavy atom. The van der Waals surface area contributed by atoms with Gasteiger partial charge in [-0.3, -0.25) is 0 Å². The Bertz CT molecular complexity index is 159. The highest BCUT2D eigenvalue weighted by Crippen LogP contribution is 2.20. The van der Waals surface area contributed by atoms with Crippen molar-refractivity contribution in [3.05, 3.63) is 0 Å². The summed E-state index contributed by atoms with van der Waals surface area (Å²) in [6, 6.07) is 0.776. The molecule has 0 aliphatic carbocycles. The summed E-state index contributed by atoms with van der Waals surface area (Å²) in [5.41, 5.74) is 5.71. The topological polar surface area (TPSA) is 29.3 Å². The Morgan fingerprint density at radius 3 is 2.73 bits per heavy atom. The van der Waals surface area contributed by atoms with Crippen molar-refractivity contribution in [3.8, 4) is 0 Å². The lowest BCUT2D eigenvalue weighted by Gasteiger charge is -2.24. The molecule has 2 nitrogen and oxygen atoms in total. The van der Waals surface area contributed by atoms with Gasteiger partial charge in [-0.2, -0.15) is 0 Å². The molecule has 0 bridgehead atoms. The smallest absolute Gasteiger partial charge is 0.00670 e. The van der Waals surface area contributed by atoms with Crippen molar-refractivity contribution in [3.63, 3.8) is 0 Å². The minimum absolute atomic E-state index is 0.767. The fourth-order valence-corrected chi connectivity index (χ4v) is 2.50. The summed E-state index contributed by atoms with van der Waals surface area (Å²) in [5, 5.41) is 0. The standard InChI is InChI=1S/C13H28N2/c1-3-4-5-6-7-12(2)15-9-8-13(10-14)11-15/h12-13H,3-11,14H2,1-2H3. The molecule has 1 heterocycles. The van der Waals surface area contributed by atoms with Gasteiger partial charge in [0.15, 0.2) is 0 Å². The monoisotopic (exact) mass is 212 g/mol. The Hall–Kier alpha value is -0.0800. The molecule has 0 saturated carbocycles. The highest BCUT2D eigenvalue weighted by Gasteiger charge is 2.24. The van der Waals surface area contributed by atoms with Crippen LogP contribution in [0, 0.1) is 5.92 Å². The molecule has 90 valence electrons. The second-order valence-electron chi connectivity index (χ2n) is 5.08. The van der Waals surface area contributed by atoms with Crippen molar-refractivity contribution in [2.45, 2.75) is 58.4 Å². The number of nitrogens with zero attached hydrogens (tertiary/aromatic N) is 1. The molecule has 1 fully saturated rings. The van der Waals surface area contributed by atoms with Crippen molar-refractivity contribution in [1.82, 2.24) is 4.90 Å². The van der Waals surface area contributed by atoms with Crippen molar-refractivity contribution in [1.29, 1.82) is 0 Å². The fraction of sp³-hybridized carbons (Fsp3) is 1.00. The van der Waals surface area contributed by atoms with Crippen molar-refractivity contribution < 1.29 is 0 Å². The zero-order valence-corrected chi connectivity index (χ0v) is 10.5. The van der Waals surface area contributed by atoms with Crippen LogP contribution in [-0.2, 0) is 0 Å². The van der Waals surface area contributed by atoms with E-state index in [2.05, 4.69) is 18.7 Å². The largest absolute Gasteiger partial charge is 0.330 e. The second kappa shape index (κ2) is 7.24. The summed E-state index contributed by atoms with van der Waals surface area (Å²) in [7, 11) is 0. The minimum atomic E-state index is 0.767. The van der Waals surface area contributed by atoms with Gasteiger partial charge in [-0.05, 0) is 38.8 Å². The quantitative estimate of drug-likeness (QED) is 0.657. The zero-order chi connectivity index (χ0) is 11.1. The highest BCUT2D eigenvalue weighted by atomic mass is 15.2. The van der Waals surface area contributed by atoms with Gasteiger partial charge < -0.3 is 10.6 Å². The molecule has 2 atom stereocenters. The van der Waals surface area contributed by atoms with Gasteiger partial charge in [0.05, 0.1) is 0 Å². The molecule has 1 aliphatic rings. The number of hydrogen-bond donors (Lipinski definition) is 1. The van der Waals surface area contributed by atoms with Gasteiger partial charge in [0.2, 0.25) is 0 Å². The van der Waals surface area contributed by atoms with E-state index in [-0.39, 0.29) is 0 Å². The van der Waals surface area contributed by atoms with Crippen molar-refractivity contribution in [2.24, 2.45) is 11.7 Å². The molecule has 2 heteroatoms. The van der Waals surface area contributed by atoms with Crippen LogP contribution >= 0.6 is 0 Å². The molecule has 2 N–H and O–H groups in total. The first kappa shape index (κ1) is 13.0. The lowest BCUT2D eigenvalue weighted by atomic mass is 10.1. The van der Waals surface area contributed by atoms with E-state index in [0.29, 0.717) is 0 Å². The van der Waals surface area contributed by atoms with Crippen molar-refractivity contribution >= 4 is 0 Å². The average Bonchev–Trinajstić information content (AvgIpc) is 2.72. The SMILES string of the molecule is CCCCCCC(C)N1CCC(CN)C1. The van der Waals surface area contributed by atoms with Crippen LogP contribution in [0.5, 0.6) is 0 Å². The normalized spacial score (nSPS) is 24.6. The molecule has 0 aromatic heterocycles. The lowest BCUT2D eigenvalue weighted by Crippen LogP contribution is -2.31. The third kappa shape index (κ3) is 4.52. The van der Waals surface area contributed by atoms with Crippen LogP contribution in [0.1, 0.15) is 52.4 Å². The van der Waals surface area contributed by atoms with Gasteiger partial charge >= 0.3 is 0 Å². The molecule has 0 aromatic carbocycles. The van der Waals surface area contributed by atoms with Crippen LogP contribution in [-0.4, -0.2) is 30.6 Å². The zero-order valence-electron chi connectivity index (χ0n) is 10.5. The van der Waals surface area contributed by atoms with Gasteiger partial charge in [0.25, 0.3) is 0 Å². The maximum Gasteiger partial charge on any atom is 0.00670 e. The number of nitrogens with two attached hydrogens (primary N) is 1. The predicted molar refractivity (Wildman–Crippen MR) is 67.0 cm³/mol. The molecule has 0 amide bonds. The third-order valence-electron chi connectivity index (χ3n) is 3.75. The summed E-state index contributed by atoms with van der Waals surface area (Å²) in [6.45, 7) is 8.04. The first-order chi connectivity index (χ1) is 7.27. The molecule has 1 aliphatic heterocycles. The lowest BCUT2D eigenvalue weighted by molar-refractivity contribution is 0.234. The maximum absolute atomic E-state index is 5.71. The Labute approximate surface area is 95.2 Å². The van der Waals surface area contributed by atoms with E-state index in [4.69, 9.17) is 5.73 Å². The van der Waals surface area contributed by atoms with Crippen molar-refractivity contribution in [2.75, 3.05) is 19.6 Å². The van der Waals surface area contributed by atoms with E-state index < -0.39 is 0 Å². The minimum Gasteiger partial charge on any atom is -0.330 e. The highest BCUT2D eigenvalue weighted by molar-refractivity contribution is 4.79. The second-order valence-corrected chi connectivity index (χ2v) is 5.08. The maximum atomic E-state index is 5.71. The van der Waals surface area contributed by atoms with Crippen LogP contribution in [0.25, 0.3) is 0 Å². The van der Waals surface area contributed by atoms with Crippen LogP contribution in [0.3, 0.4) is 0 Å². The molecular weight excluding hydrogens is 184 g/mol. The molecule has 0 aromatic rings. The molecule has 0 spiro atoms. The number of hydrogen-bond acceptors (Lipinski definition) is 2. The van der Waals surface area contributed by atoms with Crippen LogP contribution in [0.4, 0.5) is 0 Å². The summed E-state index contributed by atoms with van der Waals surface area (Å²) >= 11 is 0. The third-order valence-corrected chi connectivity index (χ3v) is 3.75. The summed E-state index contributed by atoms with van der Waals surface area (Å²) in [6.07, 6.45) is 8.24. The summed E-state index contributed by atoms with van der Waals surface area (Å²) in [4.78, 5) is 2.63. The Kier molecular flexibility index (Phi) is 6.26. The van der Waals surface area contributed by atoms with Gasteiger partial charge in [0, 0.05) is 12.6 Å². The number of likely N-dealkylation sites (tertiary alicyclic amines) is 1. The summed E-state index contributed by atoms with van der Waals surface area (Å²) in [5.74, 6) is 0.767. The van der Waals surface area contributed by atoms with Gasteiger partial charge in [0.1, 0.15) is 0 Å². The molecule has 2 unspecified atom stereocenters. The van der Waals surface area contributed by atoms with E-state index in [1.165, 1.54) is 51.6 Å². The fourth-order valence-electron chi connectivity index (χ4n) is 2.50. The first-order valence-electron chi connectivity index (χ1n) is 6.72. The van der Waals surface area contributed by atoms with Gasteiger partial charge in [-0.15, -0.1) is 0 Å². The van der Waals surface area contributed by atoms with E-state index in [9.17, 15) is 0 Å². The average molecular weight is 212 g/mol. The number of rotatable bonds is 7. The van der Waals surface area contributed by atoms with E-state index in [1.807, 2.05) is 0 Å². The van der Waals surface area contributed by atoms with E-state index in [0.717, 1.165) is 18.5 Å². The summed E-state index contributed by atoms with van der Waals surface area (Å²) < 4.78 is 0. The molecule has 1 rings (SSSR count). The Balaban J connectivity index is 2.09. The molecule has 0 radical (unpaired) electrons. The van der Waals surface area contributed by atoms with E-state index in [1.54, 1.807) is 0 Å². The molecule has 15 heavy (non-hydrogen) atoms. The first-order valence-corrected chi connectivity index (χ1v) is 6.72. The Morgan fingerprint density at radius 1 is 1.33 bits per heavy atom. The van der Waals surface area contributed by atoms with Gasteiger partial charge in [-0.1, -0.05) is 32.6 Å².